The second-order valence-electron chi connectivity index (χ2n) is 7.39. The summed E-state index contributed by atoms with van der Waals surface area (Å²) >= 11 is 1.20. The number of methoxy groups -OCH3 is 3. The van der Waals surface area contributed by atoms with Crippen LogP contribution >= 0.6 is 11.3 Å². The summed E-state index contributed by atoms with van der Waals surface area (Å²) in [6, 6.07) is 13.5. The van der Waals surface area contributed by atoms with Crippen molar-refractivity contribution >= 4 is 39.1 Å². The number of amides is 1. The number of hydrogen-bond donors (Lipinski definition) is 1. The van der Waals surface area contributed by atoms with Crippen LogP contribution in [-0.4, -0.2) is 43.2 Å². The molecule has 0 aliphatic heterocycles. The highest BCUT2D eigenvalue weighted by atomic mass is 32.1. The van der Waals surface area contributed by atoms with Crippen molar-refractivity contribution in [3.63, 3.8) is 0 Å². The van der Waals surface area contributed by atoms with Crippen molar-refractivity contribution in [3.05, 3.63) is 70.4 Å². The maximum absolute atomic E-state index is 12.9. The maximum atomic E-state index is 12.9. The fraction of sp³-hybridized carbons (Fsp3) is 0.200. The van der Waals surface area contributed by atoms with E-state index in [1.165, 1.54) is 25.6 Å². The van der Waals surface area contributed by atoms with Gasteiger partial charge >= 0.3 is 5.97 Å². The minimum absolute atomic E-state index is 0.225. The van der Waals surface area contributed by atoms with Gasteiger partial charge in [0, 0.05) is 12.8 Å². The summed E-state index contributed by atoms with van der Waals surface area (Å²) in [5.41, 5.74) is 1.64. The third-order valence-electron chi connectivity index (χ3n) is 5.13. The van der Waals surface area contributed by atoms with Crippen LogP contribution in [0.1, 0.15) is 31.4 Å². The van der Waals surface area contributed by atoms with Crippen LogP contribution < -0.4 is 19.5 Å². The molecule has 0 saturated heterocycles. The van der Waals surface area contributed by atoms with Gasteiger partial charge in [-0.3, -0.25) is 4.79 Å². The molecule has 9 nitrogen and oxygen atoms in total. The molecule has 2 aromatic heterocycles. The lowest BCUT2D eigenvalue weighted by molar-refractivity contribution is 0.0739. The Balaban J connectivity index is 1.50. The molecule has 4 aromatic rings. The molecule has 0 radical (unpaired) electrons. The average Bonchev–Trinajstić information content (AvgIpc) is 3.21. The van der Waals surface area contributed by atoms with Crippen molar-refractivity contribution in [2.75, 3.05) is 26.6 Å². The summed E-state index contributed by atoms with van der Waals surface area (Å²) in [5, 5.41) is 3.47. The van der Waals surface area contributed by atoms with Crippen molar-refractivity contribution in [1.29, 1.82) is 0 Å². The first kappa shape index (κ1) is 24.1. The molecule has 180 valence electrons. The monoisotopic (exact) mass is 493 g/mol. The Morgan fingerprint density at radius 1 is 0.971 bits per heavy atom. The molecule has 2 aromatic carbocycles. The molecule has 1 N–H and O–H groups in total. The number of carbonyl (C=O) groups is 2. The Bertz CT molecular complexity index is 1380. The quantitative estimate of drug-likeness (QED) is 0.279. The maximum Gasteiger partial charge on any atom is 0.354 e. The number of fused-ring (bicyclic) bond motifs is 1. The fourth-order valence-corrected chi connectivity index (χ4v) is 4.54. The van der Waals surface area contributed by atoms with Gasteiger partial charge in [0.1, 0.15) is 27.8 Å². The lowest BCUT2D eigenvalue weighted by atomic mass is 10.2. The number of rotatable bonds is 8. The number of carbonyl (C=O) groups excluding carboxylic acids is 2. The van der Waals surface area contributed by atoms with E-state index < -0.39 is 5.97 Å². The number of aryl methyl sites for hydroxylation is 1. The van der Waals surface area contributed by atoms with E-state index >= 15 is 0 Å². The first-order valence-corrected chi connectivity index (χ1v) is 11.4. The van der Waals surface area contributed by atoms with Gasteiger partial charge in [0.05, 0.1) is 25.2 Å². The number of nitrogens with zero attached hydrogens (tertiary/aromatic N) is 2. The smallest absolute Gasteiger partial charge is 0.354 e. The normalized spacial score (nSPS) is 10.7. The zero-order chi connectivity index (χ0) is 24.9. The van der Waals surface area contributed by atoms with E-state index in [4.69, 9.17) is 18.9 Å². The summed E-state index contributed by atoms with van der Waals surface area (Å²) in [6.07, 6.45) is 0. The van der Waals surface area contributed by atoms with Crippen LogP contribution in [0.25, 0.3) is 10.2 Å². The summed E-state index contributed by atoms with van der Waals surface area (Å²) in [7, 11) is 4.58. The Hall–Kier alpha value is -4.02. The van der Waals surface area contributed by atoms with Crippen LogP contribution in [0.5, 0.6) is 17.4 Å². The van der Waals surface area contributed by atoms with E-state index in [0.29, 0.717) is 55.1 Å². The standard InChI is InChI=1S/C25H23N3O6S/c1-14-20-23(33-4)27-19(13-31-2)28-24(20)35-21(14)25(30)34-16-11-9-15(10-12-16)26-22(29)17-7-5-6-8-18(17)32-3/h5-12H,13H2,1-4H3,(H,26,29). The predicted octanol–water partition coefficient (Wildman–Crippen LogP) is 4.63. The van der Waals surface area contributed by atoms with E-state index in [0.717, 1.165) is 0 Å². The summed E-state index contributed by atoms with van der Waals surface area (Å²) in [4.78, 5) is 35.3. The Kier molecular flexibility index (Phi) is 7.23. The molecule has 1 amide bonds. The van der Waals surface area contributed by atoms with Gasteiger partial charge in [-0.25, -0.2) is 9.78 Å². The number of ether oxygens (including phenoxy) is 4. The van der Waals surface area contributed by atoms with E-state index in [9.17, 15) is 9.59 Å². The number of thiophene rings is 1. The molecule has 2 heterocycles. The summed E-state index contributed by atoms with van der Waals surface area (Å²) in [6.45, 7) is 2.02. The van der Waals surface area contributed by atoms with Gasteiger partial charge in [0.2, 0.25) is 5.88 Å². The molecule has 0 aliphatic carbocycles. The molecule has 0 aliphatic rings. The third-order valence-corrected chi connectivity index (χ3v) is 6.30. The summed E-state index contributed by atoms with van der Waals surface area (Å²) < 4.78 is 21.3. The first-order chi connectivity index (χ1) is 16.9. The van der Waals surface area contributed by atoms with Crippen LogP contribution in [0, 0.1) is 6.92 Å². The fourth-order valence-electron chi connectivity index (χ4n) is 3.47. The highest BCUT2D eigenvalue weighted by Crippen LogP contribution is 2.35. The molecular weight excluding hydrogens is 470 g/mol. The van der Waals surface area contributed by atoms with Crippen molar-refractivity contribution in [1.82, 2.24) is 9.97 Å². The van der Waals surface area contributed by atoms with E-state index in [1.807, 2.05) is 0 Å². The van der Waals surface area contributed by atoms with Gasteiger partial charge in [-0.15, -0.1) is 11.3 Å². The van der Waals surface area contributed by atoms with Crippen LogP contribution in [-0.2, 0) is 11.3 Å². The predicted molar refractivity (Wildman–Crippen MR) is 132 cm³/mol. The minimum atomic E-state index is -0.522. The Morgan fingerprint density at radius 3 is 2.40 bits per heavy atom. The van der Waals surface area contributed by atoms with Crippen molar-refractivity contribution in [2.24, 2.45) is 0 Å². The lowest BCUT2D eigenvalue weighted by Crippen LogP contribution is -2.13. The Morgan fingerprint density at radius 2 is 1.71 bits per heavy atom. The van der Waals surface area contributed by atoms with Gasteiger partial charge in [-0.05, 0) is 48.9 Å². The highest BCUT2D eigenvalue weighted by molar-refractivity contribution is 7.20. The molecule has 10 heteroatoms. The van der Waals surface area contributed by atoms with Crippen molar-refractivity contribution < 1.29 is 28.5 Å². The van der Waals surface area contributed by atoms with Crippen molar-refractivity contribution in [2.45, 2.75) is 13.5 Å². The number of anilines is 1. The van der Waals surface area contributed by atoms with Crippen LogP contribution in [0.15, 0.2) is 48.5 Å². The van der Waals surface area contributed by atoms with Gasteiger partial charge in [-0.2, -0.15) is 4.98 Å². The van der Waals surface area contributed by atoms with Gasteiger partial charge in [0.25, 0.3) is 5.91 Å². The second kappa shape index (κ2) is 10.5. The van der Waals surface area contributed by atoms with Crippen LogP contribution in [0.3, 0.4) is 0 Å². The first-order valence-electron chi connectivity index (χ1n) is 10.5. The van der Waals surface area contributed by atoms with Crippen LogP contribution in [0.2, 0.25) is 0 Å². The average molecular weight is 494 g/mol. The number of aromatic nitrogens is 2. The Labute approximate surface area is 205 Å². The molecule has 0 fully saturated rings. The van der Waals surface area contributed by atoms with Crippen molar-refractivity contribution in [3.8, 4) is 17.4 Å². The SMILES string of the molecule is COCc1nc(OC)c2c(C)c(C(=O)Oc3ccc(NC(=O)c4ccccc4OC)cc3)sc2n1. The molecule has 0 saturated carbocycles. The molecule has 0 atom stereocenters. The molecule has 35 heavy (non-hydrogen) atoms. The second-order valence-corrected chi connectivity index (χ2v) is 8.39. The zero-order valence-electron chi connectivity index (χ0n) is 19.6. The van der Waals surface area contributed by atoms with Gasteiger partial charge in [-0.1, -0.05) is 12.1 Å². The summed E-state index contributed by atoms with van der Waals surface area (Å²) in [5.74, 6) is 0.821. The van der Waals surface area contributed by atoms with E-state index in [1.54, 1.807) is 62.6 Å². The number of para-hydroxylation sites is 1. The number of esters is 1. The topological polar surface area (TPSA) is 109 Å². The third kappa shape index (κ3) is 5.08. The minimum Gasteiger partial charge on any atom is -0.496 e. The zero-order valence-corrected chi connectivity index (χ0v) is 20.4. The molecule has 0 spiro atoms. The molecule has 0 unspecified atom stereocenters. The highest BCUT2D eigenvalue weighted by Gasteiger charge is 2.22. The molecule has 4 rings (SSSR count). The largest absolute Gasteiger partial charge is 0.496 e. The number of hydrogen-bond acceptors (Lipinski definition) is 9. The van der Waals surface area contributed by atoms with Crippen LogP contribution in [0.4, 0.5) is 5.69 Å². The molecular formula is C25H23N3O6S. The molecule has 0 bridgehead atoms. The van der Waals surface area contributed by atoms with Gasteiger partial charge in [0.15, 0.2) is 5.82 Å². The van der Waals surface area contributed by atoms with E-state index in [-0.39, 0.29) is 12.5 Å². The van der Waals surface area contributed by atoms with Gasteiger partial charge < -0.3 is 24.3 Å². The lowest BCUT2D eigenvalue weighted by Gasteiger charge is -2.10. The number of benzene rings is 2. The number of nitrogens with one attached hydrogen (secondary N) is 1. The van der Waals surface area contributed by atoms with E-state index in [2.05, 4.69) is 15.3 Å².